The van der Waals surface area contributed by atoms with E-state index in [2.05, 4.69) is 35.1 Å². The molecule has 4 N–H and O–H groups in total. The SMILES string of the molecule is Cc1ccc2c(c1Nc1ncccc1-c1ccncn1)C=CNC2(N)c1ccc2c(c1)OC(F)(F)O2. The zero-order chi connectivity index (χ0) is 24.9. The van der Waals surface area contributed by atoms with Crippen LogP contribution in [0.15, 0.2) is 73.5 Å². The Morgan fingerprint density at radius 2 is 1.86 bits per heavy atom. The Bertz CT molecular complexity index is 1510. The second-order valence-electron chi connectivity index (χ2n) is 8.45. The summed E-state index contributed by atoms with van der Waals surface area (Å²) in [6.07, 6.45) is 4.79. The number of alkyl halides is 2. The predicted octanol–water partition coefficient (Wildman–Crippen LogP) is 4.65. The smallest absolute Gasteiger partial charge is 0.395 e. The van der Waals surface area contributed by atoms with Crippen LogP contribution in [0.4, 0.5) is 20.3 Å². The standard InChI is InChI=1S/C26H20F2N6O2/c1-15-4-6-19-17(23(15)34-24-18(3-2-10-31-24)20-9-11-30-14-32-20)8-12-33-25(19,29)16-5-7-21-22(13-16)36-26(27,28)35-21/h2-14,33H,29H2,1H3,(H,31,34). The number of anilines is 2. The molecule has 0 fully saturated rings. The summed E-state index contributed by atoms with van der Waals surface area (Å²) in [6.45, 7) is 1.98. The van der Waals surface area contributed by atoms with Crippen LogP contribution in [0, 0.1) is 6.92 Å². The van der Waals surface area contributed by atoms with Gasteiger partial charge in [-0.15, -0.1) is 8.78 Å². The molecule has 10 heteroatoms. The number of nitrogens with two attached hydrogens (primary N) is 1. The van der Waals surface area contributed by atoms with E-state index < -0.39 is 12.0 Å². The van der Waals surface area contributed by atoms with Crippen molar-refractivity contribution < 1.29 is 18.3 Å². The number of halogens is 2. The molecule has 0 amide bonds. The average molecular weight is 486 g/mol. The predicted molar refractivity (Wildman–Crippen MR) is 130 cm³/mol. The van der Waals surface area contributed by atoms with Gasteiger partial charge < -0.3 is 25.8 Å². The topological polar surface area (TPSA) is 107 Å². The molecule has 2 aromatic heterocycles. The number of nitrogens with zero attached hydrogens (tertiary/aromatic N) is 3. The largest absolute Gasteiger partial charge is 0.586 e. The van der Waals surface area contributed by atoms with Crippen molar-refractivity contribution in [3.8, 4) is 22.8 Å². The highest BCUT2D eigenvalue weighted by molar-refractivity contribution is 5.83. The third-order valence-electron chi connectivity index (χ3n) is 6.21. The maximum Gasteiger partial charge on any atom is 0.586 e. The molecule has 0 bridgehead atoms. The number of rotatable bonds is 4. The molecule has 2 aliphatic rings. The molecule has 180 valence electrons. The Hall–Kier alpha value is -4.57. The van der Waals surface area contributed by atoms with Crippen molar-refractivity contribution in [1.82, 2.24) is 20.3 Å². The molecule has 4 heterocycles. The first-order valence-electron chi connectivity index (χ1n) is 11.1. The van der Waals surface area contributed by atoms with Crippen LogP contribution in [0.3, 0.4) is 0 Å². The van der Waals surface area contributed by atoms with Crippen LogP contribution in [0.2, 0.25) is 0 Å². The Morgan fingerprint density at radius 3 is 2.69 bits per heavy atom. The molecule has 36 heavy (non-hydrogen) atoms. The molecule has 0 radical (unpaired) electrons. The number of nitrogens with one attached hydrogen (secondary N) is 2. The average Bonchev–Trinajstić information content (AvgIpc) is 3.20. The Labute approximate surface area is 204 Å². The molecule has 8 nitrogen and oxygen atoms in total. The van der Waals surface area contributed by atoms with Crippen LogP contribution in [0.5, 0.6) is 11.5 Å². The van der Waals surface area contributed by atoms with Gasteiger partial charge in [-0.3, -0.25) is 0 Å². The highest BCUT2D eigenvalue weighted by Gasteiger charge is 2.44. The fraction of sp³-hybridized carbons (Fsp3) is 0.115. The summed E-state index contributed by atoms with van der Waals surface area (Å²) in [5.74, 6) is 0.499. The summed E-state index contributed by atoms with van der Waals surface area (Å²) in [5, 5.41) is 6.64. The molecule has 1 unspecified atom stereocenters. The van der Waals surface area contributed by atoms with Crippen molar-refractivity contribution in [2.45, 2.75) is 18.9 Å². The number of benzene rings is 2. The van der Waals surface area contributed by atoms with Crippen molar-refractivity contribution in [2.24, 2.45) is 5.73 Å². The van der Waals surface area contributed by atoms with Gasteiger partial charge in [0.05, 0.1) is 11.4 Å². The van der Waals surface area contributed by atoms with Gasteiger partial charge in [-0.05, 0) is 55.1 Å². The number of hydrogen-bond acceptors (Lipinski definition) is 8. The van der Waals surface area contributed by atoms with E-state index in [0.717, 1.165) is 33.6 Å². The number of aryl methyl sites for hydroxylation is 1. The molecule has 0 aliphatic carbocycles. The van der Waals surface area contributed by atoms with Crippen LogP contribution < -0.4 is 25.8 Å². The molecule has 1 atom stereocenters. The highest BCUT2D eigenvalue weighted by Crippen LogP contribution is 2.45. The van der Waals surface area contributed by atoms with E-state index in [0.29, 0.717) is 11.4 Å². The van der Waals surface area contributed by atoms with Gasteiger partial charge in [-0.25, -0.2) is 15.0 Å². The van der Waals surface area contributed by atoms with Crippen LogP contribution in [0.1, 0.15) is 22.3 Å². The van der Waals surface area contributed by atoms with Crippen LogP contribution in [-0.4, -0.2) is 21.2 Å². The van der Waals surface area contributed by atoms with Crippen molar-refractivity contribution in [1.29, 1.82) is 0 Å². The Balaban J connectivity index is 1.43. The molecule has 0 spiro atoms. The number of fused-ring (bicyclic) bond motifs is 2. The van der Waals surface area contributed by atoms with E-state index in [9.17, 15) is 8.78 Å². The first-order chi connectivity index (χ1) is 17.3. The summed E-state index contributed by atoms with van der Waals surface area (Å²) in [4.78, 5) is 12.9. The van der Waals surface area contributed by atoms with Crippen molar-refractivity contribution in [3.05, 3.63) is 95.7 Å². The zero-order valence-electron chi connectivity index (χ0n) is 19.0. The summed E-state index contributed by atoms with van der Waals surface area (Å²) in [6, 6.07) is 14.0. The lowest BCUT2D eigenvalue weighted by molar-refractivity contribution is -0.286. The lowest BCUT2D eigenvalue weighted by atomic mass is 9.84. The van der Waals surface area contributed by atoms with E-state index in [-0.39, 0.29) is 11.5 Å². The van der Waals surface area contributed by atoms with Crippen molar-refractivity contribution in [3.63, 3.8) is 0 Å². The maximum atomic E-state index is 13.6. The summed E-state index contributed by atoms with van der Waals surface area (Å²) in [7, 11) is 0. The molecular formula is C26H20F2N6O2. The lowest BCUT2D eigenvalue weighted by Crippen LogP contribution is -2.50. The highest BCUT2D eigenvalue weighted by atomic mass is 19.3. The van der Waals surface area contributed by atoms with Gasteiger partial charge in [0.2, 0.25) is 0 Å². The summed E-state index contributed by atoms with van der Waals surface area (Å²) < 4.78 is 36.3. The van der Waals surface area contributed by atoms with Gasteiger partial charge in [0.1, 0.15) is 17.8 Å². The monoisotopic (exact) mass is 486 g/mol. The first-order valence-corrected chi connectivity index (χ1v) is 11.1. The number of aromatic nitrogens is 3. The van der Waals surface area contributed by atoms with E-state index in [1.807, 2.05) is 43.3 Å². The minimum atomic E-state index is -3.71. The maximum absolute atomic E-state index is 13.6. The molecule has 6 rings (SSSR count). The van der Waals surface area contributed by atoms with Crippen LogP contribution in [0.25, 0.3) is 17.3 Å². The summed E-state index contributed by atoms with van der Waals surface area (Å²) >= 11 is 0. The fourth-order valence-electron chi connectivity index (χ4n) is 4.46. The second kappa shape index (κ2) is 7.99. The van der Waals surface area contributed by atoms with E-state index >= 15 is 0 Å². The van der Waals surface area contributed by atoms with E-state index in [4.69, 9.17) is 5.73 Å². The van der Waals surface area contributed by atoms with Gasteiger partial charge >= 0.3 is 6.29 Å². The molecule has 4 aromatic rings. The van der Waals surface area contributed by atoms with Gasteiger partial charge in [0.25, 0.3) is 0 Å². The molecular weight excluding hydrogens is 466 g/mol. The number of ether oxygens (including phenoxy) is 2. The minimum Gasteiger partial charge on any atom is -0.395 e. The minimum absolute atomic E-state index is 0.0439. The first kappa shape index (κ1) is 21.9. The lowest BCUT2D eigenvalue weighted by Gasteiger charge is -2.36. The quantitative estimate of drug-likeness (QED) is 0.383. The summed E-state index contributed by atoms with van der Waals surface area (Å²) in [5.41, 5.74) is 11.1. The van der Waals surface area contributed by atoms with E-state index in [1.165, 1.54) is 18.5 Å². The van der Waals surface area contributed by atoms with Crippen LogP contribution >= 0.6 is 0 Å². The number of pyridine rings is 1. The van der Waals surface area contributed by atoms with Crippen LogP contribution in [-0.2, 0) is 5.66 Å². The third kappa shape index (κ3) is 3.59. The van der Waals surface area contributed by atoms with Gasteiger partial charge in [0.15, 0.2) is 11.5 Å². The molecule has 2 aromatic carbocycles. The van der Waals surface area contributed by atoms with E-state index in [1.54, 1.807) is 24.7 Å². The van der Waals surface area contributed by atoms with Gasteiger partial charge in [0, 0.05) is 34.6 Å². The van der Waals surface area contributed by atoms with Crippen molar-refractivity contribution >= 4 is 17.6 Å². The number of hydrogen-bond donors (Lipinski definition) is 3. The molecule has 0 saturated heterocycles. The van der Waals surface area contributed by atoms with Gasteiger partial charge in [-0.2, -0.15) is 0 Å². The van der Waals surface area contributed by atoms with Crippen molar-refractivity contribution in [2.75, 3.05) is 5.32 Å². The molecule has 2 aliphatic heterocycles. The van der Waals surface area contributed by atoms with Gasteiger partial charge in [-0.1, -0.05) is 18.2 Å². The third-order valence-corrected chi connectivity index (χ3v) is 6.21. The Morgan fingerprint density at radius 1 is 1.00 bits per heavy atom. The fourth-order valence-corrected chi connectivity index (χ4v) is 4.46. The molecule has 0 saturated carbocycles. The zero-order valence-corrected chi connectivity index (χ0v) is 19.0. The Kier molecular flexibility index (Phi) is 4.87. The normalized spacial score (nSPS) is 18.9. The second-order valence-corrected chi connectivity index (χ2v) is 8.45.